The number of rotatable bonds is 6. The third kappa shape index (κ3) is 4.09. The number of aliphatic carboxylic acids is 1. The van der Waals surface area contributed by atoms with Crippen LogP contribution in [0.1, 0.15) is 22.6 Å². The van der Waals surface area contributed by atoms with E-state index in [1.807, 2.05) is 48.5 Å². The number of carbonyl (C=O) groups excluding carboxylic acids is 1. The molecule has 1 aromatic heterocycles. The highest BCUT2D eigenvalue weighted by atomic mass is 19.1. The third-order valence-electron chi connectivity index (χ3n) is 5.29. The zero-order chi connectivity index (χ0) is 22.0. The number of carbonyl (C=O) groups is 2. The van der Waals surface area contributed by atoms with E-state index in [9.17, 15) is 23.5 Å². The van der Waals surface area contributed by atoms with Crippen molar-refractivity contribution >= 4 is 12.1 Å². The van der Waals surface area contributed by atoms with Crippen molar-refractivity contribution in [2.75, 3.05) is 6.61 Å². The molecule has 1 atom stereocenters. The molecule has 0 bridgehead atoms. The maximum atomic E-state index is 13.8. The molecule has 0 unspecified atom stereocenters. The zero-order valence-electron chi connectivity index (χ0n) is 16.2. The Labute approximate surface area is 176 Å². The van der Waals surface area contributed by atoms with Crippen molar-refractivity contribution in [3.8, 4) is 11.1 Å². The van der Waals surface area contributed by atoms with Crippen molar-refractivity contribution in [1.82, 2.24) is 10.3 Å². The van der Waals surface area contributed by atoms with E-state index in [2.05, 4.69) is 10.3 Å². The number of pyridine rings is 1. The number of alkyl carbamates (subject to hydrolysis) is 1. The molecule has 8 heteroatoms. The number of carboxylic acids is 1. The Kier molecular flexibility index (Phi) is 5.62. The molecule has 1 amide bonds. The van der Waals surface area contributed by atoms with Crippen LogP contribution in [0.25, 0.3) is 11.1 Å². The normalized spacial score (nSPS) is 13.2. The number of nitrogens with zero attached hydrogens (tertiary/aromatic N) is 1. The van der Waals surface area contributed by atoms with Crippen LogP contribution >= 0.6 is 0 Å². The molecule has 2 aromatic carbocycles. The van der Waals surface area contributed by atoms with Gasteiger partial charge >= 0.3 is 12.1 Å². The number of carboxylic acid groups (broad SMARTS) is 1. The fraction of sp³-hybridized carbons (Fsp3) is 0.174. The van der Waals surface area contributed by atoms with Gasteiger partial charge in [0, 0.05) is 24.1 Å². The smallest absolute Gasteiger partial charge is 0.407 e. The van der Waals surface area contributed by atoms with Crippen molar-refractivity contribution in [3.63, 3.8) is 0 Å². The first-order chi connectivity index (χ1) is 15.0. The van der Waals surface area contributed by atoms with Crippen LogP contribution in [-0.4, -0.2) is 34.8 Å². The van der Waals surface area contributed by atoms with Gasteiger partial charge in [0.2, 0.25) is 5.95 Å². The molecule has 0 aliphatic heterocycles. The number of hydrogen-bond donors (Lipinski definition) is 2. The Balaban J connectivity index is 1.45. The van der Waals surface area contributed by atoms with Crippen LogP contribution in [0, 0.1) is 11.8 Å². The second-order valence-corrected chi connectivity index (χ2v) is 7.13. The molecule has 3 aromatic rings. The van der Waals surface area contributed by atoms with Crippen molar-refractivity contribution in [2.24, 2.45) is 0 Å². The van der Waals surface area contributed by atoms with Crippen LogP contribution in [0.2, 0.25) is 0 Å². The van der Waals surface area contributed by atoms with E-state index in [0.29, 0.717) is 0 Å². The Bertz CT molecular complexity index is 1090. The molecule has 6 nitrogen and oxygen atoms in total. The number of ether oxygens (including phenoxy) is 1. The van der Waals surface area contributed by atoms with Gasteiger partial charge in [0.15, 0.2) is 0 Å². The van der Waals surface area contributed by atoms with Crippen molar-refractivity contribution < 1.29 is 28.2 Å². The average molecular weight is 424 g/mol. The summed E-state index contributed by atoms with van der Waals surface area (Å²) >= 11 is 0. The molecule has 0 spiro atoms. The minimum absolute atomic E-state index is 0.0121. The highest BCUT2D eigenvalue weighted by Gasteiger charge is 2.30. The molecular formula is C23H18F2N2O4. The van der Waals surface area contributed by atoms with E-state index >= 15 is 0 Å². The summed E-state index contributed by atoms with van der Waals surface area (Å²) in [5.74, 6) is -3.71. The van der Waals surface area contributed by atoms with Gasteiger partial charge < -0.3 is 15.2 Å². The lowest BCUT2D eigenvalue weighted by Crippen LogP contribution is -2.43. The molecule has 1 heterocycles. The summed E-state index contributed by atoms with van der Waals surface area (Å²) in [7, 11) is 0. The van der Waals surface area contributed by atoms with E-state index in [4.69, 9.17) is 4.74 Å². The predicted molar refractivity (Wildman–Crippen MR) is 107 cm³/mol. The molecule has 2 N–H and O–H groups in total. The summed E-state index contributed by atoms with van der Waals surface area (Å²) in [6.07, 6.45) is -0.660. The number of amides is 1. The average Bonchev–Trinajstić information content (AvgIpc) is 3.08. The largest absolute Gasteiger partial charge is 0.480 e. The van der Waals surface area contributed by atoms with Crippen LogP contribution in [0.3, 0.4) is 0 Å². The monoisotopic (exact) mass is 424 g/mol. The molecule has 1 aliphatic carbocycles. The van der Waals surface area contributed by atoms with Crippen LogP contribution in [0.15, 0.2) is 60.8 Å². The van der Waals surface area contributed by atoms with Gasteiger partial charge in [-0.1, -0.05) is 48.5 Å². The van der Waals surface area contributed by atoms with E-state index in [0.717, 1.165) is 34.5 Å². The topological polar surface area (TPSA) is 88.5 Å². The Morgan fingerprint density at radius 3 is 2.23 bits per heavy atom. The maximum absolute atomic E-state index is 13.8. The molecule has 0 saturated heterocycles. The van der Waals surface area contributed by atoms with E-state index in [1.54, 1.807) is 0 Å². The number of fused-ring (bicyclic) bond motifs is 3. The number of aromatic nitrogens is 1. The summed E-state index contributed by atoms with van der Waals surface area (Å²) in [6, 6.07) is 14.9. The number of halogens is 2. The van der Waals surface area contributed by atoms with Crippen LogP contribution in [0.5, 0.6) is 0 Å². The maximum Gasteiger partial charge on any atom is 0.407 e. The van der Waals surface area contributed by atoms with Crippen molar-refractivity contribution in [1.29, 1.82) is 0 Å². The predicted octanol–water partition coefficient (Wildman–Crippen LogP) is 3.89. The van der Waals surface area contributed by atoms with Gasteiger partial charge in [0.05, 0.1) is 0 Å². The number of hydrogen-bond acceptors (Lipinski definition) is 4. The molecule has 0 fully saturated rings. The summed E-state index contributed by atoms with van der Waals surface area (Å²) in [5, 5.41) is 11.5. The second kappa shape index (κ2) is 8.51. The zero-order valence-corrected chi connectivity index (χ0v) is 16.2. The minimum atomic E-state index is -1.58. The highest BCUT2D eigenvalue weighted by Crippen LogP contribution is 2.44. The third-order valence-corrected chi connectivity index (χ3v) is 5.29. The lowest BCUT2D eigenvalue weighted by molar-refractivity contribution is -0.139. The van der Waals surface area contributed by atoms with Crippen molar-refractivity contribution in [3.05, 3.63) is 89.2 Å². The standard InChI is InChI=1S/C23H18F2N2O4/c24-19-9-10-26-21(25)17(19)11-20(22(28)29)27-23(30)31-12-18-15-7-3-1-5-13(15)14-6-2-4-8-16(14)18/h1-10,18,20H,11-12H2,(H,27,30)(H,28,29)/t20-/m0/s1. The van der Waals surface area contributed by atoms with Crippen molar-refractivity contribution in [2.45, 2.75) is 18.4 Å². The molecule has 0 radical (unpaired) electrons. The molecular weight excluding hydrogens is 406 g/mol. The summed E-state index contributed by atoms with van der Waals surface area (Å²) in [4.78, 5) is 27.1. The van der Waals surface area contributed by atoms with Gasteiger partial charge in [-0.15, -0.1) is 0 Å². The lowest BCUT2D eigenvalue weighted by atomic mass is 9.98. The number of nitrogens with one attached hydrogen (secondary N) is 1. The van der Waals surface area contributed by atoms with Gasteiger partial charge in [-0.25, -0.2) is 19.0 Å². The molecule has 1 aliphatic rings. The lowest BCUT2D eigenvalue weighted by Gasteiger charge is -2.17. The van der Waals surface area contributed by atoms with Crippen LogP contribution in [0.4, 0.5) is 13.6 Å². The molecule has 158 valence electrons. The fourth-order valence-electron chi connectivity index (χ4n) is 3.81. The molecule has 0 saturated carbocycles. The summed E-state index contributed by atoms with van der Waals surface area (Å²) in [6.45, 7) is -0.0121. The SMILES string of the molecule is O=C(N[C@@H](Cc1c(F)ccnc1F)C(=O)O)OCC1c2ccccc2-c2ccccc21. The summed E-state index contributed by atoms with van der Waals surface area (Å²) in [5.41, 5.74) is 3.60. The summed E-state index contributed by atoms with van der Waals surface area (Å²) < 4.78 is 32.9. The van der Waals surface area contributed by atoms with Gasteiger partial charge in [0.1, 0.15) is 18.5 Å². The second-order valence-electron chi connectivity index (χ2n) is 7.13. The minimum Gasteiger partial charge on any atom is -0.480 e. The Morgan fingerprint density at radius 2 is 1.65 bits per heavy atom. The van der Waals surface area contributed by atoms with E-state index in [1.165, 1.54) is 0 Å². The quantitative estimate of drug-likeness (QED) is 0.586. The molecule has 4 rings (SSSR count). The first-order valence-corrected chi connectivity index (χ1v) is 9.59. The van der Waals surface area contributed by atoms with Crippen LogP contribution < -0.4 is 5.32 Å². The highest BCUT2D eigenvalue weighted by molar-refractivity contribution is 5.81. The molecule has 31 heavy (non-hydrogen) atoms. The van der Waals surface area contributed by atoms with Gasteiger partial charge in [-0.3, -0.25) is 0 Å². The number of benzene rings is 2. The van der Waals surface area contributed by atoms with E-state index in [-0.39, 0.29) is 12.5 Å². The first kappa shape index (κ1) is 20.5. The first-order valence-electron chi connectivity index (χ1n) is 9.59. The van der Waals surface area contributed by atoms with Gasteiger partial charge in [-0.2, -0.15) is 4.39 Å². The Morgan fingerprint density at radius 1 is 1.03 bits per heavy atom. The van der Waals surface area contributed by atoms with Crippen LogP contribution in [-0.2, 0) is 16.0 Å². The van der Waals surface area contributed by atoms with E-state index < -0.39 is 41.9 Å². The Hall–Kier alpha value is -3.81. The van der Waals surface area contributed by atoms with Gasteiger partial charge in [0.25, 0.3) is 0 Å². The van der Waals surface area contributed by atoms with Gasteiger partial charge in [-0.05, 0) is 28.3 Å². The fourth-order valence-corrected chi connectivity index (χ4v) is 3.81.